The second-order valence-electron chi connectivity index (χ2n) is 9.98. The Kier molecular flexibility index (Phi) is 25.0. The van der Waals surface area contributed by atoms with Gasteiger partial charge >= 0.3 is 5.97 Å². The summed E-state index contributed by atoms with van der Waals surface area (Å²) >= 11 is 0. The van der Waals surface area contributed by atoms with E-state index in [0.717, 1.165) is 13.0 Å². The lowest BCUT2D eigenvalue weighted by atomic mass is 10.1. The van der Waals surface area contributed by atoms with Crippen LogP contribution in [0.25, 0.3) is 0 Å². The van der Waals surface area contributed by atoms with Gasteiger partial charge in [0.15, 0.2) is 0 Å². The molecule has 8 nitrogen and oxygen atoms in total. The second-order valence-corrected chi connectivity index (χ2v) is 9.98. The summed E-state index contributed by atoms with van der Waals surface area (Å²) in [7, 11) is 0. The number of carbonyl (C=O) groups is 1. The monoisotopic (exact) mass is 644 g/mol. The Bertz CT molecular complexity index is 849. The van der Waals surface area contributed by atoms with Crippen molar-refractivity contribution in [3.05, 3.63) is 29.1 Å². The van der Waals surface area contributed by atoms with Gasteiger partial charge in [-0.3, -0.25) is 4.79 Å². The second kappa shape index (κ2) is 27.4. The zero-order valence-corrected chi connectivity index (χ0v) is 25.9. The smallest absolute Gasteiger partial charge is 0.313 e. The zero-order valence-electron chi connectivity index (χ0n) is 25.9. The summed E-state index contributed by atoms with van der Waals surface area (Å²) in [5.41, 5.74) is 0. The Balaban J connectivity index is 1.79. The van der Waals surface area contributed by atoms with Crippen LogP contribution < -0.4 is 4.74 Å². The van der Waals surface area contributed by atoms with E-state index in [9.17, 15) is 26.7 Å². The maximum atomic E-state index is 13.5. The number of hydrogen-bond acceptors (Lipinski definition) is 8. The van der Waals surface area contributed by atoms with Crippen molar-refractivity contribution >= 4 is 5.97 Å². The number of esters is 1. The van der Waals surface area contributed by atoms with Gasteiger partial charge in [0.25, 0.3) is 0 Å². The summed E-state index contributed by atoms with van der Waals surface area (Å²) in [5, 5.41) is 0. The van der Waals surface area contributed by atoms with Crippen LogP contribution in [0.1, 0.15) is 77.6 Å². The quantitative estimate of drug-likeness (QED) is 0.0229. The number of benzene rings is 1. The van der Waals surface area contributed by atoms with Gasteiger partial charge < -0.3 is 33.2 Å². The third-order valence-corrected chi connectivity index (χ3v) is 6.34. The maximum Gasteiger partial charge on any atom is 0.313 e. The molecule has 0 aromatic heterocycles. The molecule has 0 heterocycles. The van der Waals surface area contributed by atoms with Crippen molar-refractivity contribution in [2.24, 2.45) is 0 Å². The fourth-order valence-corrected chi connectivity index (χ4v) is 3.89. The van der Waals surface area contributed by atoms with Gasteiger partial charge in [0.1, 0.15) is 0 Å². The van der Waals surface area contributed by atoms with Crippen LogP contribution in [0.4, 0.5) is 22.0 Å². The van der Waals surface area contributed by atoms with Gasteiger partial charge in [-0.2, -0.15) is 8.78 Å². The average molecular weight is 645 g/mol. The fourth-order valence-electron chi connectivity index (χ4n) is 3.89. The molecule has 0 atom stereocenters. The van der Waals surface area contributed by atoms with Crippen LogP contribution in [-0.2, 0) is 33.2 Å². The highest BCUT2D eigenvalue weighted by molar-refractivity contribution is 5.72. The number of carbonyl (C=O) groups excluding carboxylic acids is 1. The highest BCUT2D eigenvalue weighted by Gasteiger charge is 2.28. The summed E-state index contributed by atoms with van der Waals surface area (Å²) < 4.78 is 103. The van der Waals surface area contributed by atoms with Gasteiger partial charge in [-0.1, -0.05) is 64.7 Å². The van der Waals surface area contributed by atoms with Crippen LogP contribution in [0, 0.1) is 29.1 Å². The molecule has 0 aliphatic rings. The summed E-state index contributed by atoms with van der Waals surface area (Å²) in [6.07, 6.45) is 12.6. The molecule has 1 aromatic carbocycles. The molecular weight excluding hydrogens is 595 g/mol. The van der Waals surface area contributed by atoms with E-state index in [1.165, 1.54) is 57.8 Å². The molecule has 0 aliphatic heterocycles. The largest absolute Gasteiger partial charge is 0.420 e. The van der Waals surface area contributed by atoms with Crippen LogP contribution in [0.5, 0.6) is 5.75 Å². The van der Waals surface area contributed by atoms with E-state index in [0.29, 0.717) is 52.9 Å². The molecule has 0 unspecified atom stereocenters. The van der Waals surface area contributed by atoms with Crippen molar-refractivity contribution in [2.75, 3.05) is 79.3 Å². The molecule has 0 aliphatic carbocycles. The highest BCUT2D eigenvalue weighted by atomic mass is 19.2. The van der Waals surface area contributed by atoms with E-state index in [4.69, 9.17) is 28.4 Å². The van der Waals surface area contributed by atoms with Gasteiger partial charge in [0.05, 0.1) is 79.1 Å². The van der Waals surface area contributed by atoms with E-state index in [1.807, 2.05) is 0 Å². The minimum Gasteiger partial charge on any atom is -0.420 e. The van der Waals surface area contributed by atoms with Gasteiger partial charge in [0.2, 0.25) is 34.8 Å². The first-order valence-corrected chi connectivity index (χ1v) is 15.6. The average Bonchev–Trinajstić information content (AvgIpc) is 3.02. The van der Waals surface area contributed by atoms with Gasteiger partial charge in [-0.15, -0.1) is 0 Å². The molecule has 0 radical (unpaired) electrons. The van der Waals surface area contributed by atoms with E-state index in [-0.39, 0.29) is 19.8 Å². The number of halogens is 5. The lowest BCUT2D eigenvalue weighted by Gasteiger charge is -2.09. The predicted molar refractivity (Wildman–Crippen MR) is 153 cm³/mol. The Hall–Kier alpha value is -1.90. The summed E-state index contributed by atoms with van der Waals surface area (Å²) in [4.78, 5) is 11.6. The third kappa shape index (κ3) is 19.5. The van der Waals surface area contributed by atoms with Crippen LogP contribution in [-0.4, -0.2) is 85.3 Å². The molecule has 13 heteroatoms. The van der Waals surface area contributed by atoms with Crippen molar-refractivity contribution in [1.29, 1.82) is 0 Å². The first kappa shape index (κ1) is 40.1. The van der Waals surface area contributed by atoms with Gasteiger partial charge in [-0.05, 0) is 6.42 Å². The first-order valence-electron chi connectivity index (χ1n) is 15.6. The van der Waals surface area contributed by atoms with Crippen molar-refractivity contribution in [3.63, 3.8) is 0 Å². The van der Waals surface area contributed by atoms with Gasteiger partial charge in [-0.25, -0.2) is 13.2 Å². The minimum absolute atomic E-state index is 0.100. The van der Waals surface area contributed by atoms with Crippen molar-refractivity contribution in [2.45, 2.75) is 77.6 Å². The van der Waals surface area contributed by atoms with Crippen molar-refractivity contribution in [1.82, 2.24) is 0 Å². The van der Waals surface area contributed by atoms with Crippen LogP contribution in [0.2, 0.25) is 0 Å². The normalized spacial score (nSPS) is 11.4. The fraction of sp³-hybridized carbons (Fsp3) is 0.774. The summed E-state index contributed by atoms with van der Waals surface area (Å²) in [6, 6.07) is 0. The predicted octanol–water partition coefficient (Wildman–Crippen LogP) is 6.70. The minimum atomic E-state index is -2.34. The molecule has 0 spiro atoms. The molecule has 1 aromatic rings. The number of ether oxygens (including phenoxy) is 7. The lowest BCUT2D eigenvalue weighted by Crippen LogP contribution is -2.16. The molecule has 0 saturated carbocycles. The molecule has 1 rings (SSSR count). The Labute approximate surface area is 257 Å². The molecular formula is C31H49F5O8. The van der Waals surface area contributed by atoms with Crippen molar-refractivity contribution in [3.8, 4) is 5.75 Å². The van der Waals surface area contributed by atoms with Crippen LogP contribution in [0.15, 0.2) is 0 Å². The number of hydrogen-bond donors (Lipinski definition) is 0. The number of rotatable bonds is 30. The Morgan fingerprint density at radius 2 is 0.750 bits per heavy atom. The van der Waals surface area contributed by atoms with E-state index < -0.39 is 47.2 Å². The SMILES string of the molecule is CCCCCCCCCCCCOCCOCCOCCOCCOCCOCCC(=O)Oc1c(F)c(F)c(F)c(F)c1F. The molecule has 0 bridgehead atoms. The first-order chi connectivity index (χ1) is 21.4. The summed E-state index contributed by atoms with van der Waals surface area (Å²) in [6.45, 7) is 6.63. The van der Waals surface area contributed by atoms with Crippen LogP contribution >= 0.6 is 0 Å². The van der Waals surface area contributed by atoms with Crippen molar-refractivity contribution < 1.29 is 59.9 Å². The Morgan fingerprint density at radius 3 is 1.16 bits per heavy atom. The van der Waals surface area contributed by atoms with E-state index in [1.54, 1.807) is 0 Å². The molecule has 0 fully saturated rings. The third-order valence-electron chi connectivity index (χ3n) is 6.34. The topological polar surface area (TPSA) is 81.7 Å². The lowest BCUT2D eigenvalue weighted by molar-refractivity contribution is -0.136. The summed E-state index contributed by atoms with van der Waals surface area (Å²) in [5.74, 6) is -14.1. The van der Waals surface area contributed by atoms with Gasteiger partial charge in [0, 0.05) is 6.61 Å². The molecule has 44 heavy (non-hydrogen) atoms. The van der Waals surface area contributed by atoms with E-state index >= 15 is 0 Å². The molecule has 0 amide bonds. The maximum absolute atomic E-state index is 13.5. The molecule has 0 saturated heterocycles. The van der Waals surface area contributed by atoms with Crippen LogP contribution in [0.3, 0.4) is 0 Å². The number of unbranched alkanes of at least 4 members (excludes halogenated alkanes) is 9. The van der Waals surface area contributed by atoms with E-state index in [2.05, 4.69) is 11.7 Å². The Morgan fingerprint density at radius 1 is 0.432 bits per heavy atom. The molecule has 256 valence electrons. The highest BCUT2D eigenvalue weighted by Crippen LogP contribution is 2.29. The molecule has 0 N–H and O–H groups in total. The standard InChI is InChI=1S/C31H49F5O8/c1-2-3-4-5-6-7-8-9-10-11-13-38-15-17-40-19-21-42-23-24-43-22-20-41-18-16-39-14-12-25(37)44-31-29(35)27(33)26(32)28(34)30(31)36/h2-24H2,1H3. The zero-order chi connectivity index (χ0) is 32.3.